The number of piperidine rings is 2. The van der Waals surface area contributed by atoms with Crippen LogP contribution in [0, 0.1) is 11.8 Å². The number of amides is 1. The van der Waals surface area contributed by atoms with Gasteiger partial charge in [0, 0.05) is 41.8 Å². The van der Waals surface area contributed by atoms with Gasteiger partial charge in [-0.05, 0) is 86.7 Å². The lowest BCUT2D eigenvalue weighted by atomic mass is 9.96. The Morgan fingerprint density at radius 1 is 1.00 bits per heavy atom. The summed E-state index contributed by atoms with van der Waals surface area (Å²) >= 11 is 5.96. The summed E-state index contributed by atoms with van der Waals surface area (Å²) in [6.45, 7) is 7.06. The number of aromatic nitrogens is 2. The van der Waals surface area contributed by atoms with Crippen LogP contribution in [0.15, 0.2) is 53.1 Å². The van der Waals surface area contributed by atoms with Gasteiger partial charge in [0.1, 0.15) is 0 Å². The van der Waals surface area contributed by atoms with Crippen LogP contribution in [0.2, 0.25) is 5.02 Å². The number of anilines is 2. The van der Waals surface area contributed by atoms with E-state index in [0.717, 1.165) is 36.6 Å². The highest BCUT2D eigenvalue weighted by molar-refractivity contribution is 6.30. The second-order valence-electron chi connectivity index (χ2n) is 9.81. The second-order valence-corrected chi connectivity index (χ2v) is 10.3. The van der Waals surface area contributed by atoms with E-state index in [9.17, 15) is 4.79 Å². The molecule has 0 saturated carbocycles. The molecule has 2 fully saturated rings. The maximum Gasteiger partial charge on any atom is 0.324 e. The first-order valence-corrected chi connectivity index (χ1v) is 12.9. The normalized spacial score (nSPS) is 18.1. The van der Waals surface area contributed by atoms with Crippen molar-refractivity contribution in [2.75, 3.05) is 36.4 Å². The van der Waals surface area contributed by atoms with E-state index in [0.29, 0.717) is 30.0 Å². The molecule has 2 aliphatic heterocycles. The van der Waals surface area contributed by atoms with Crippen molar-refractivity contribution in [2.45, 2.75) is 39.2 Å². The molecule has 1 N–H and O–H groups in total. The van der Waals surface area contributed by atoms with Gasteiger partial charge in [-0.25, -0.2) is 0 Å². The number of rotatable bonds is 6. The van der Waals surface area contributed by atoms with Gasteiger partial charge in [-0.15, -0.1) is 0 Å². The number of nitrogens with one attached hydrogen (secondary N) is 1. The van der Waals surface area contributed by atoms with E-state index in [2.05, 4.69) is 39.4 Å². The molecule has 2 saturated heterocycles. The first-order valence-electron chi connectivity index (χ1n) is 12.5. The molecule has 7 nitrogen and oxygen atoms in total. The number of likely N-dealkylation sites (tertiary alicyclic amines) is 1. The number of carbonyl (C=O) groups is 1. The van der Waals surface area contributed by atoms with E-state index < -0.39 is 0 Å². The van der Waals surface area contributed by atoms with Crippen molar-refractivity contribution in [3.63, 3.8) is 0 Å². The molecule has 184 valence electrons. The average molecular weight is 494 g/mol. The summed E-state index contributed by atoms with van der Waals surface area (Å²) in [4.78, 5) is 22.0. The van der Waals surface area contributed by atoms with Gasteiger partial charge >= 0.3 is 6.01 Å². The lowest BCUT2D eigenvalue weighted by Gasteiger charge is -2.30. The number of nitrogens with zero attached hydrogens (tertiary/aromatic N) is 4. The fraction of sp³-hybridized carbons (Fsp3) is 0.444. The summed E-state index contributed by atoms with van der Waals surface area (Å²) in [7, 11) is 0. The monoisotopic (exact) mass is 493 g/mol. The molecule has 3 aromatic rings. The molecule has 0 bridgehead atoms. The van der Waals surface area contributed by atoms with Gasteiger partial charge in [0.05, 0.1) is 0 Å². The zero-order valence-electron chi connectivity index (χ0n) is 20.1. The summed E-state index contributed by atoms with van der Waals surface area (Å²) in [6.07, 6.45) is 4.05. The van der Waals surface area contributed by atoms with Crippen LogP contribution in [0.1, 0.15) is 38.2 Å². The van der Waals surface area contributed by atoms with Crippen LogP contribution in [-0.2, 0) is 11.3 Å². The topological polar surface area (TPSA) is 74.5 Å². The Labute approximate surface area is 211 Å². The predicted octanol–water partition coefficient (Wildman–Crippen LogP) is 5.48. The van der Waals surface area contributed by atoms with Crippen LogP contribution in [-0.4, -0.2) is 47.1 Å². The van der Waals surface area contributed by atoms with Crippen molar-refractivity contribution in [2.24, 2.45) is 11.8 Å². The van der Waals surface area contributed by atoms with Crippen LogP contribution >= 0.6 is 11.6 Å². The Hall–Kier alpha value is -2.90. The van der Waals surface area contributed by atoms with Crippen LogP contribution in [0.4, 0.5) is 11.7 Å². The molecule has 0 atom stereocenters. The Bertz CT molecular complexity index is 1120. The lowest BCUT2D eigenvalue weighted by Crippen LogP contribution is -2.38. The molecule has 3 heterocycles. The lowest BCUT2D eigenvalue weighted by molar-refractivity contribution is -0.120. The maximum absolute atomic E-state index is 12.9. The Kier molecular flexibility index (Phi) is 7.35. The molecule has 2 aliphatic rings. The number of hydrogen-bond acceptors (Lipinski definition) is 6. The van der Waals surface area contributed by atoms with Crippen LogP contribution < -0.4 is 10.2 Å². The molecule has 5 rings (SSSR count). The predicted molar refractivity (Wildman–Crippen MR) is 138 cm³/mol. The molecule has 2 aromatic carbocycles. The molecule has 8 heteroatoms. The highest BCUT2D eigenvalue weighted by Gasteiger charge is 2.27. The van der Waals surface area contributed by atoms with E-state index >= 15 is 0 Å². The first kappa shape index (κ1) is 23.8. The molecule has 1 amide bonds. The molecular formula is C27H32ClN5O2. The van der Waals surface area contributed by atoms with Crippen molar-refractivity contribution in [1.29, 1.82) is 0 Å². The zero-order chi connectivity index (χ0) is 24.2. The molecule has 35 heavy (non-hydrogen) atoms. The summed E-state index contributed by atoms with van der Waals surface area (Å²) < 4.78 is 5.48. The minimum absolute atomic E-state index is 0.0278. The molecular weight excluding hydrogens is 462 g/mol. The number of carbonyl (C=O) groups excluding carboxylic acids is 1. The highest BCUT2D eigenvalue weighted by atomic mass is 35.5. The Balaban J connectivity index is 1.10. The van der Waals surface area contributed by atoms with Gasteiger partial charge in [0.25, 0.3) is 0 Å². The molecule has 0 radical (unpaired) electrons. The third kappa shape index (κ3) is 6.03. The second kappa shape index (κ2) is 10.8. The van der Waals surface area contributed by atoms with E-state index in [-0.39, 0.29) is 11.8 Å². The summed E-state index contributed by atoms with van der Waals surface area (Å²) in [6, 6.07) is 16.1. The van der Waals surface area contributed by atoms with E-state index in [1.807, 2.05) is 29.2 Å². The third-order valence-corrected chi connectivity index (χ3v) is 7.41. The quantitative estimate of drug-likeness (QED) is 0.490. The van der Waals surface area contributed by atoms with Crippen molar-refractivity contribution in [3.8, 4) is 11.4 Å². The van der Waals surface area contributed by atoms with Crippen molar-refractivity contribution < 1.29 is 9.32 Å². The summed E-state index contributed by atoms with van der Waals surface area (Å²) in [5.74, 6) is 1.43. The average Bonchev–Trinajstić information content (AvgIpc) is 3.37. The number of hydrogen-bond donors (Lipinski definition) is 1. The van der Waals surface area contributed by atoms with E-state index in [1.165, 1.54) is 31.5 Å². The minimum Gasteiger partial charge on any atom is -0.326 e. The smallest absolute Gasteiger partial charge is 0.324 e. The summed E-state index contributed by atoms with van der Waals surface area (Å²) in [5.41, 5.74) is 3.01. The van der Waals surface area contributed by atoms with Crippen molar-refractivity contribution in [1.82, 2.24) is 15.0 Å². The molecule has 1 aromatic heterocycles. The van der Waals surface area contributed by atoms with Crippen LogP contribution in [0.25, 0.3) is 11.4 Å². The number of benzene rings is 2. The van der Waals surface area contributed by atoms with Gasteiger partial charge in [0.2, 0.25) is 11.7 Å². The summed E-state index contributed by atoms with van der Waals surface area (Å²) in [5, 5.41) is 7.86. The highest BCUT2D eigenvalue weighted by Crippen LogP contribution is 2.26. The fourth-order valence-electron chi connectivity index (χ4n) is 4.81. The maximum atomic E-state index is 12.9. The first-order chi connectivity index (χ1) is 17.0. The van der Waals surface area contributed by atoms with Gasteiger partial charge in [-0.3, -0.25) is 9.69 Å². The van der Waals surface area contributed by atoms with Gasteiger partial charge in [0.15, 0.2) is 0 Å². The van der Waals surface area contributed by atoms with Crippen molar-refractivity contribution in [3.05, 3.63) is 59.1 Å². The van der Waals surface area contributed by atoms with Crippen LogP contribution in [0.5, 0.6) is 0 Å². The number of halogens is 1. The largest absolute Gasteiger partial charge is 0.326 e. The SMILES string of the molecule is CC1CCN(Cc2ccc(NC(=O)C3CCN(c4nc(-c5ccc(Cl)cc5)no4)CC3)cc2)CC1. The van der Waals surface area contributed by atoms with Crippen molar-refractivity contribution >= 4 is 29.2 Å². The van der Waals surface area contributed by atoms with Crippen LogP contribution in [0.3, 0.4) is 0 Å². The van der Waals surface area contributed by atoms with Gasteiger partial charge < -0.3 is 14.7 Å². The fourth-order valence-corrected chi connectivity index (χ4v) is 4.94. The Morgan fingerprint density at radius 3 is 2.37 bits per heavy atom. The molecule has 0 unspecified atom stereocenters. The third-order valence-electron chi connectivity index (χ3n) is 7.16. The zero-order valence-corrected chi connectivity index (χ0v) is 20.9. The molecule has 0 spiro atoms. The van der Waals surface area contributed by atoms with Gasteiger partial charge in [-0.2, -0.15) is 4.98 Å². The van der Waals surface area contributed by atoms with E-state index in [4.69, 9.17) is 16.1 Å². The van der Waals surface area contributed by atoms with Gasteiger partial charge in [-0.1, -0.05) is 35.8 Å². The Morgan fingerprint density at radius 2 is 1.69 bits per heavy atom. The van der Waals surface area contributed by atoms with E-state index in [1.54, 1.807) is 12.1 Å². The minimum atomic E-state index is -0.0278. The molecule has 0 aliphatic carbocycles. The standard InChI is InChI=1S/C27H32ClN5O2/c1-19-10-14-32(15-11-19)18-20-2-8-24(9-3-20)29-26(34)22-12-16-33(17-13-22)27-30-25(31-35-27)21-4-6-23(28)7-5-21/h2-9,19,22H,10-18H2,1H3,(H,29,34).